The van der Waals surface area contributed by atoms with Crippen LogP contribution < -0.4 is 5.73 Å². The van der Waals surface area contributed by atoms with Crippen molar-refractivity contribution >= 4 is 11.3 Å². The van der Waals surface area contributed by atoms with Gasteiger partial charge in [0.2, 0.25) is 0 Å². The van der Waals surface area contributed by atoms with Crippen molar-refractivity contribution in [2.45, 2.75) is 18.4 Å². The van der Waals surface area contributed by atoms with Crippen LogP contribution in [0, 0.1) is 0 Å². The number of β-amino-alcohol motifs (C(OH)–C–C–N with tert-alkyl or cyclic N) is 1. The second-order valence-electron chi connectivity index (χ2n) is 4.19. The van der Waals surface area contributed by atoms with Crippen LogP contribution in [0.5, 0.6) is 0 Å². The number of hydrogen-bond donors (Lipinski definition) is 2. The summed E-state index contributed by atoms with van der Waals surface area (Å²) in [7, 11) is 0. The first-order valence-electron chi connectivity index (χ1n) is 5.42. The first-order valence-corrected chi connectivity index (χ1v) is 6.29. The van der Waals surface area contributed by atoms with E-state index in [4.69, 9.17) is 10.8 Å². The largest absolute Gasteiger partial charge is 0.395 e. The van der Waals surface area contributed by atoms with Gasteiger partial charge in [-0.3, -0.25) is 4.90 Å². The minimum atomic E-state index is 0.226. The fraction of sp³-hybridized carbons (Fsp3) is 0.636. The summed E-state index contributed by atoms with van der Waals surface area (Å²) in [5.74, 6) is 0.556. The molecule has 0 aliphatic carbocycles. The van der Waals surface area contributed by atoms with Gasteiger partial charge in [-0.15, -0.1) is 11.3 Å². The maximum atomic E-state index is 8.94. The van der Waals surface area contributed by atoms with Gasteiger partial charge in [0.05, 0.1) is 6.61 Å². The molecule has 1 aromatic rings. The summed E-state index contributed by atoms with van der Waals surface area (Å²) in [5.41, 5.74) is 6.03. The zero-order valence-corrected chi connectivity index (χ0v) is 9.62. The Hall–Kier alpha value is -0.420. The SMILES string of the molecule is NC1CC(c2cccs2)CN(CCO)C1. The molecule has 84 valence electrons. The summed E-state index contributed by atoms with van der Waals surface area (Å²) in [4.78, 5) is 3.69. The third-order valence-corrected chi connectivity index (χ3v) is 3.96. The van der Waals surface area contributed by atoms with Crippen LogP contribution in [0.4, 0.5) is 0 Å². The molecule has 0 aromatic carbocycles. The number of hydrogen-bond acceptors (Lipinski definition) is 4. The number of aliphatic hydroxyl groups excluding tert-OH is 1. The third-order valence-electron chi connectivity index (χ3n) is 2.92. The lowest BCUT2D eigenvalue weighted by Crippen LogP contribution is -2.46. The van der Waals surface area contributed by atoms with Crippen LogP contribution in [0.15, 0.2) is 17.5 Å². The normalized spacial score (nSPS) is 28.1. The summed E-state index contributed by atoms with van der Waals surface area (Å²) in [6.45, 7) is 2.93. The molecule has 1 fully saturated rings. The van der Waals surface area contributed by atoms with Gasteiger partial charge in [-0.1, -0.05) is 6.07 Å². The van der Waals surface area contributed by atoms with E-state index < -0.39 is 0 Å². The number of nitrogens with two attached hydrogens (primary N) is 1. The molecule has 2 atom stereocenters. The number of nitrogens with zero attached hydrogens (tertiary/aromatic N) is 1. The van der Waals surface area contributed by atoms with Crippen LogP contribution in [-0.2, 0) is 0 Å². The van der Waals surface area contributed by atoms with Crippen LogP contribution >= 0.6 is 11.3 Å². The van der Waals surface area contributed by atoms with E-state index >= 15 is 0 Å². The summed E-state index contributed by atoms with van der Waals surface area (Å²) in [6, 6.07) is 4.53. The Morgan fingerprint density at radius 2 is 2.40 bits per heavy atom. The molecule has 0 radical (unpaired) electrons. The maximum absolute atomic E-state index is 8.94. The number of rotatable bonds is 3. The fourth-order valence-electron chi connectivity index (χ4n) is 2.29. The van der Waals surface area contributed by atoms with E-state index in [-0.39, 0.29) is 12.6 Å². The van der Waals surface area contributed by atoms with Gasteiger partial charge in [0.15, 0.2) is 0 Å². The van der Waals surface area contributed by atoms with Crippen LogP contribution in [0.25, 0.3) is 0 Å². The molecule has 0 saturated carbocycles. The summed E-state index contributed by atoms with van der Waals surface area (Å²) < 4.78 is 0. The minimum absolute atomic E-state index is 0.226. The average Bonchev–Trinajstić information content (AvgIpc) is 2.70. The molecule has 0 bridgehead atoms. The van der Waals surface area contributed by atoms with E-state index in [1.807, 2.05) is 0 Å². The van der Waals surface area contributed by atoms with E-state index in [1.54, 1.807) is 11.3 Å². The van der Waals surface area contributed by atoms with Gasteiger partial charge in [-0.25, -0.2) is 0 Å². The van der Waals surface area contributed by atoms with Gasteiger partial charge >= 0.3 is 0 Å². The molecule has 1 aliphatic rings. The van der Waals surface area contributed by atoms with Crippen molar-refractivity contribution in [3.05, 3.63) is 22.4 Å². The van der Waals surface area contributed by atoms with Gasteiger partial charge in [-0.2, -0.15) is 0 Å². The second kappa shape index (κ2) is 5.07. The zero-order valence-electron chi connectivity index (χ0n) is 8.80. The smallest absolute Gasteiger partial charge is 0.0558 e. The summed E-state index contributed by atoms with van der Waals surface area (Å²) in [5, 5.41) is 11.1. The quantitative estimate of drug-likeness (QED) is 0.803. The molecular weight excluding hydrogens is 208 g/mol. The molecule has 2 rings (SSSR count). The van der Waals surface area contributed by atoms with Crippen molar-refractivity contribution in [3.63, 3.8) is 0 Å². The predicted molar refractivity (Wildman–Crippen MR) is 63.2 cm³/mol. The standard InChI is InChI=1S/C11H18N2OS/c12-10-6-9(11-2-1-5-15-11)7-13(8-10)3-4-14/h1-2,5,9-10,14H,3-4,6-8,12H2. The Morgan fingerprint density at radius 1 is 1.53 bits per heavy atom. The molecule has 2 heterocycles. The highest BCUT2D eigenvalue weighted by molar-refractivity contribution is 7.10. The van der Waals surface area contributed by atoms with Crippen molar-refractivity contribution in [2.24, 2.45) is 5.73 Å². The Labute approximate surface area is 94.5 Å². The average molecular weight is 226 g/mol. The topological polar surface area (TPSA) is 49.5 Å². The highest BCUT2D eigenvalue weighted by Crippen LogP contribution is 2.29. The Bertz CT molecular complexity index is 289. The molecule has 3 nitrogen and oxygen atoms in total. The van der Waals surface area contributed by atoms with E-state index in [1.165, 1.54) is 4.88 Å². The minimum Gasteiger partial charge on any atom is -0.395 e. The Kier molecular flexibility index (Phi) is 3.75. The second-order valence-corrected chi connectivity index (χ2v) is 5.17. The Morgan fingerprint density at radius 3 is 3.07 bits per heavy atom. The van der Waals surface area contributed by atoms with Crippen molar-refractivity contribution in [2.75, 3.05) is 26.2 Å². The monoisotopic (exact) mass is 226 g/mol. The van der Waals surface area contributed by atoms with Gasteiger partial charge in [0.1, 0.15) is 0 Å². The van der Waals surface area contributed by atoms with Gasteiger partial charge in [0, 0.05) is 36.5 Å². The number of aliphatic hydroxyl groups is 1. The van der Waals surface area contributed by atoms with Crippen molar-refractivity contribution in [3.8, 4) is 0 Å². The van der Waals surface area contributed by atoms with E-state index in [0.717, 1.165) is 26.1 Å². The van der Waals surface area contributed by atoms with Crippen LogP contribution in [0.3, 0.4) is 0 Å². The lowest BCUT2D eigenvalue weighted by atomic mass is 9.93. The lowest BCUT2D eigenvalue weighted by Gasteiger charge is -2.35. The molecule has 15 heavy (non-hydrogen) atoms. The molecule has 2 unspecified atom stereocenters. The van der Waals surface area contributed by atoms with E-state index in [0.29, 0.717) is 5.92 Å². The third kappa shape index (κ3) is 2.78. The number of likely N-dealkylation sites (tertiary alicyclic amines) is 1. The maximum Gasteiger partial charge on any atom is 0.0558 e. The molecule has 0 spiro atoms. The molecule has 1 aromatic heterocycles. The molecule has 1 saturated heterocycles. The first-order chi connectivity index (χ1) is 7.29. The van der Waals surface area contributed by atoms with Crippen LogP contribution in [-0.4, -0.2) is 42.3 Å². The van der Waals surface area contributed by atoms with Crippen molar-refractivity contribution in [1.82, 2.24) is 4.90 Å². The van der Waals surface area contributed by atoms with Gasteiger partial charge in [0.25, 0.3) is 0 Å². The zero-order chi connectivity index (χ0) is 10.7. The molecule has 1 aliphatic heterocycles. The summed E-state index contributed by atoms with van der Waals surface area (Å²) >= 11 is 1.81. The van der Waals surface area contributed by atoms with E-state index in [9.17, 15) is 0 Å². The summed E-state index contributed by atoms with van der Waals surface area (Å²) in [6.07, 6.45) is 1.07. The molecule has 4 heteroatoms. The van der Waals surface area contributed by atoms with Gasteiger partial charge < -0.3 is 10.8 Å². The number of piperidine rings is 1. The van der Waals surface area contributed by atoms with E-state index in [2.05, 4.69) is 22.4 Å². The van der Waals surface area contributed by atoms with Crippen molar-refractivity contribution < 1.29 is 5.11 Å². The molecular formula is C11H18N2OS. The van der Waals surface area contributed by atoms with Crippen LogP contribution in [0.1, 0.15) is 17.2 Å². The lowest BCUT2D eigenvalue weighted by molar-refractivity contribution is 0.150. The Balaban J connectivity index is 2.00. The molecule has 3 N–H and O–H groups in total. The molecule has 0 amide bonds. The van der Waals surface area contributed by atoms with Crippen molar-refractivity contribution in [1.29, 1.82) is 0 Å². The van der Waals surface area contributed by atoms with Crippen LogP contribution in [0.2, 0.25) is 0 Å². The first kappa shape index (κ1) is 11.1. The fourth-order valence-corrected chi connectivity index (χ4v) is 3.12. The highest BCUT2D eigenvalue weighted by atomic mass is 32.1. The highest BCUT2D eigenvalue weighted by Gasteiger charge is 2.26. The predicted octanol–water partition coefficient (Wildman–Crippen LogP) is 0.857. The van der Waals surface area contributed by atoms with Gasteiger partial charge in [-0.05, 0) is 17.9 Å². The number of thiophene rings is 1.